The van der Waals surface area contributed by atoms with E-state index in [4.69, 9.17) is 0 Å². The Balaban J connectivity index is 1.81. The predicted molar refractivity (Wildman–Crippen MR) is 112 cm³/mol. The lowest BCUT2D eigenvalue weighted by molar-refractivity contribution is -0.384. The Hall–Kier alpha value is -3.42. The van der Waals surface area contributed by atoms with E-state index in [1.165, 1.54) is 13.0 Å². The van der Waals surface area contributed by atoms with E-state index in [9.17, 15) is 19.7 Å². The second-order valence-corrected chi connectivity index (χ2v) is 7.37. The molecule has 1 aliphatic heterocycles. The van der Waals surface area contributed by atoms with Crippen LogP contribution in [0.3, 0.4) is 0 Å². The minimum atomic E-state index is -0.452. The molecule has 2 N–H and O–H groups in total. The summed E-state index contributed by atoms with van der Waals surface area (Å²) in [6.07, 6.45) is 2.10. The third-order valence-electron chi connectivity index (χ3n) is 4.87. The summed E-state index contributed by atoms with van der Waals surface area (Å²) in [6, 6.07) is 11.3. The molecule has 0 radical (unpaired) electrons. The van der Waals surface area contributed by atoms with Gasteiger partial charge >= 0.3 is 0 Å². The van der Waals surface area contributed by atoms with E-state index in [-0.39, 0.29) is 17.2 Å². The molecule has 0 saturated carbocycles. The van der Waals surface area contributed by atoms with E-state index in [1.807, 2.05) is 4.90 Å². The molecule has 1 atom stereocenters. The summed E-state index contributed by atoms with van der Waals surface area (Å²) < 4.78 is 0. The van der Waals surface area contributed by atoms with E-state index < -0.39 is 10.8 Å². The first-order valence-electron chi connectivity index (χ1n) is 9.56. The first-order valence-corrected chi connectivity index (χ1v) is 9.56. The lowest BCUT2D eigenvalue weighted by Crippen LogP contribution is -2.34. The van der Waals surface area contributed by atoms with Crippen LogP contribution >= 0.6 is 0 Å². The molecule has 0 aliphatic carbocycles. The first-order chi connectivity index (χ1) is 13.8. The van der Waals surface area contributed by atoms with E-state index in [0.717, 1.165) is 25.9 Å². The predicted octanol–water partition coefficient (Wildman–Crippen LogP) is 4.04. The van der Waals surface area contributed by atoms with Crippen molar-refractivity contribution in [3.05, 3.63) is 58.1 Å². The molecule has 8 nitrogen and oxygen atoms in total. The van der Waals surface area contributed by atoms with Gasteiger partial charge in [-0.3, -0.25) is 19.7 Å². The monoisotopic (exact) mass is 396 g/mol. The molecule has 0 spiro atoms. The molecule has 2 aromatic rings. The van der Waals surface area contributed by atoms with Crippen molar-refractivity contribution >= 4 is 34.6 Å². The average molecular weight is 396 g/mol. The number of benzene rings is 2. The topological polar surface area (TPSA) is 105 Å². The van der Waals surface area contributed by atoms with Crippen LogP contribution in [0.4, 0.5) is 22.7 Å². The maximum absolute atomic E-state index is 12.6. The van der Waals surface area contributed by atoms with Gasteiger partial charge in [-0.15, -0.1) is 0 Å². The van der Waals surface area contributed by atoms with Crippen LogP contribution in [0.5, 0.6) is 0 Å². The number of amides is 2. The number of nitrogens with one attached hydrogen (secondary N) is 2. The van der Waals surface area contributed by atoms with Crippen molar-refractivity contribution in [2.45, 2.75) is 26.7 Å². The van der Waals surface area contributed by atoms with Crippen LogP contribution in [0.15, 0.2) is 42.5 Å². The lowest BCUT2D eigenvalue weighted by atomic mass is 9.99. The molecule has 1 fully saturated rings. The number of carbonyl (C=O) groups is 2. The van der Waals surface area contributed by atoms with Gasteiger partial charge in [-0.05, 0) is 49.1 Å². The molecule has 1 unspecified atom stereocenters. The van der Waals surface area contributed by atoms with Crippen LogP contribution in [0.25, 0.3) is 0 Å². The van der Waals surface area contributed by atoms with Crippen molar-refractivity contribution < 1.29 is 14.5 Å². The molecule has 1 heterocycles. The third-order valence-corrected chi connectivity index (χ3v) is 4.87. The largest absolute Gasteiger partial charge is 0.366 e. The minimum Gasteiger partial charge on any atom is -0.366 e. The molecule has 29 heavy (non-hydrogen) atoms. The van der Waals surface area contributed by atoms with Gasteiger partial charge < -0.3 is 15.5 Å². The number of anilines is 3. The Morgan fingerprint density at radius 2 is 1.86 bits per heavy atom. The van der Waals surface area contributed by atoms with Crippen molar-refractivity contribution in [1.82, 2.24) is 0 Å². The van der Waals surface area contributed by atoms with Crippen LogP contribution in [-0.4, -0.2) is 29.8 Å². The van der Waals surface area contributed by atoms with Gasteiger partial charge in [-0.2, -0.15) is 0 Å². The molecule has 1 aliphatic rings. The lowest BCUT2D eigenvalue weighted by Gasteiger charge is -2.32. The smallest absolute Gasteiger partial charge is 0.293 e. The Labute approximate surface area is 169 Å². The van der Waals surface area contributed by atoms with Crippen molar-refractivity contribution in [2.75, 3.05) is 28.6 Å². The molecule has 2 aromatic carbocycles. The molecular formula is C21H24N4O4. The number of carbonyl (C=O) groups excluding carboxylic acids is 2. The Morgan fingerprint density at radius 1 is 1.14 bits per heavy atom. The number of hydrogen-bond donors (Lipinski definition) is 2. The molecule has 3 rings (SSSR count). The number of rotatable bonds is 5. The second kappa shape index (κ2) is 8.72. The van der Waals surface area contributed by atoms with Crippen molar-refractivity contribution in [2.24, 2.45) is 5.92 Å². The zero-order chi connectivity index (χ0) is 21.0. The summed E-state index contributed by atoms with van der Waals surface area (Å²) in [5.41, 5.74) is 1.72. The number of hydrogen-bond acceptors (Lipinski definition) is 5. The van der Waals surface area contributed by atoms with Gasteiger partial charge in [0.15, 0.2) is 0 Å². The molecule has 0 aromatic heterocycles. The highest BCUT2D eigenvalue weighted by atomic mass is 16.6. The summed E-state index contributed by atoms with van der Waals surface area (Å²) in [6.45, 7) is 5.07. The Morgan fingerprint density at radius 3 is 2.52 bits per heavy atom. The van der Waals surface area contributed by atoms with Crippen LogP contribution < -0.4 is 15.5 Å². The molecule has 0 bridgehead atoms. The van der Waals surface area contributed by atoms with E-state index in [0.29, 0.717) is 23.0 Å². The van der Waals surface area contributed by atoms with E-state index in [1.54, 1.807) is 36.4 Å². The highest BCUT2D eigenvalue weighted by Gasteiger charge is 2.25. The molecule has 152 valence electrons. The van der Waals surface area contributed by atoms with Gasteiger partial charge in [0.1, 0.15) is 5.69 Å². The zero-order valence-corrected chi connectivity index (χ0v) is 16.5. The summed E-state index contributed by atoms with van der Waals surface area (Å²) in [4.78, 5) is 37.0. The van der Waals surface area contributed by atoms with E-state index in [2.05, 4.69) is 17.6 Å². The van der Waals surface area contributed by atoms with Crippen molar-refractivity contribution in [3.63, 3.8) is 0 Å². The highest BCUT2D eigenvalue weighted by molar-refractivity contribution is 6.05. The Kier molecular flexibility index (Phi) is 6.11. The van der Waals surface area contributed by atoms with E-state index >= 15 is 0 Å². The summed E-state index contributed by atoms with van der Waals surface area (Å²) in [7, 11) is 0. The number of nitro groups is 1. The van der Waals surface area contributed by atoms with Gasteiger partial charge in [0.05, 0.1) is 4.92 Å². The van der Waals surface area contributed by atoms with Crippen LogP contribution in [0.2, 0.25) is 0 Å². The normalized spacial score (nSPS) is 16.2. The van der Waals surface area contributed by atoms with Gasteiger partial charge in [0.2, 0.25) is 5.91 Å². The van der Waals surface area contributed by atoms with Gasteiger partial charge in [0, 0.05) is 43.0 Å². The fourth-order valence-corrected chi connectivity index (χ4v) is 3.57. The fraction of sp³-hybridized carbons (Fsp3) is 0.333. The number of nitro benzene ring substituents is 1. The van der Waals surface area contributed by atoms with Crippen molar-refractivity contribution in [1.29, 1.82) is 0 Å². The third kappa shape index (κ3) is 5.10. The minimum absolute atomic E-state index is 0.0706. The molecule has 8 heteroatoms. The molecule has 2 amide bonds. The van der Waals surface area contributed by atoms with Gasteiger partial charge in [-0.1, -0.05) is 13.0 Å². The number of piperidine rings is 1. The SMILES string of the molecule is CC(=O)Nc1cccc(NC(=O)c2ccc(N3CCCC(C)C3)c([N+](=O)[O-])c2)c1. The summed E-state index contributed by atoms with van der Waals surface area (Å²) in [5, 5.41) is 17.0. The molecular weight excluding hydrogens is 372 g/mol. The zero-order valence-electron chi connectivity index (χ0n) is 16.5. The van der Waals surface area contributed by atoms with Crippen LogP contribution in [0, 0.1) is 16.0 Å². The van der Waals surface area contributed by atoms with Gasteiger partial charge in [-0.25, -0.2) is 0 Å². The summed E-state index contributed by atoms with van der Waals surface area (Å²) >= 11 is 0. The average Bonchev–Trinajstić information content (AvgIpc) is 2.67. The van der Waals surface area contributed by atoms with Crippen molar-refractivity contribution in [3.8, 4) is 0 Å². The maximum atomic E-state index is 12.6. The van der Waals surface area contributed by atoms with Gasteiger partial charge in [0.25, 0.3) is 11.6 Å². The standard InChI is InChI=1S/C21H24N4O4/c1-14-5-4-10-24(13-14)19-9-8-16(11-20(19)25(28)29)21(27)23-18-7-3-6-17(12-18)22-15(2)26/h3,6-9,11-12,14H,4-5,10,13H2,1-2H3,(H,22,26)(H,23,27). The highest BCUT2D eigenvalue weighted by Crippen LogP contribution is 2.32. The van der Waals surface area contributed by atoms with Crippen LogP contribution in [0.1, 0.15) is 37.0 Å². The fourth-order valence-electron chi connectivity index (χ4n) is 3.57. The van der Waals surface area contributed by atoms with Crippen LogP contribution in [-0.2, 0) is 4.79 Å². The molecule has 1 saturated heterocycles. The second-order valence-electron chi connectivity index (χ2n) is 7.37. The summed E-state index contributed by atoms with van der Waals surface area (Å²) in [5.74, 6) is -0.194. The quantitative estimate of drug-likeness (QED) is 0.586. The first kappa shape index (κ1) is 20.3. The Bertz CT molecular complexity index is 944. The maximum Gasteiger partial charge on any atom is 0.293 e. The number of nitrogens with zero attached hydrogens (tertiary/aromatic N) is 2.